The summed E-state index contributed by atoms with van der Waals surface area (Å²) in [5.41, 5.74) is 6.65. The highest BCUT2D eigenvalue weighted by Gasteiger charge is 2.16. The quantitative estimate of drug-likeness (QED) is 0.734. The summed E-state index contributed by atoms with van der Waals surface area (Å²) in [6.45, 7) is 0.532. The van der Waals surface area contributed by atoms with E-state index in [9.17, 15) is 9.59 Å². The Hall–Kier alpha value is -1.05. The molecular formula is C14H19BrN2O3S. The molecule has 0 fully saturated rings. The molecule has 0 saturated carbocycles. The molecule has 1 atom stereocenters. The lowest BCUT2D eigenvalue weighted by atomic mass is 10.2. The van der Waals surface area contributed by atoms with Crippen LogP contribution in [0, 0.1) is 0 Å². The Morgan fingerprint density at radius 2 is 2.10 bits per heavy atom. The summed E-state index contributed by atoms with van der Waals surface area (Å²) in [6.07, 6.45) is 0. The van der Waals surface area contributed by atoms with Crippen molar-refractivity contribution in [3.8, 4) is 0 Å². The number of methoxy groups -OCH3 is 1. The van der Waals surface area contributed by atoms with Crippen molar-refractivity contribution in [1.82, 2.24) is 4.90 Å². The van der Waals surface area contributed by atoms with Crippen molar-refractivity contribution in [3.05, 3.63) is 34.3 Å². The molecule has 1 rings (SSSR count). The standard InChI is InChI=1S/C14H19BrN2O3S/c1-17(7-10-5-3-4-6-11(10)15)13(18)9-21-8-12(16)14(19)20-2/h3-6,12H,7-9,16H2,1-2H3. The number of rotatable bonds is 7. The third-order valence-corrected chi connectivity index (χ3v) is 4.64. The van der Waals surface area contributed by atoms with Gasteiger partial charge in [-0.25, -0.2) is 0 Å². The highest BCUT2D eigenvalue weighted by molar-refractivity contribution is 9.10. The van der Waals surface area contributed by atoms with Crippen LogP contribution in [-0.4, -0.2) is 48.5 Å². The Balaban J connectivity index is 2.38. The van der Waals surface area contributed by atoms with Crippen LogP contribution in [0.25, 0.3) is 0 Å². The molecule has 116 valence electrons. The normalized spacial score (nSPS) is 11.8. The van der Waals surface area contributed by atoms with Gasteiger partial charge in [0.05, 0.1) is 12.9 Å². The van der Waals surface area contributed by atoms with E-state index in [1.54, 1.807) is 11.9 Å². The molecule has 21 heavy (non-hydrogen) atoms. The molecule has 0 saturated heterocycles. The number of hydrogen-bond donors (Lipinski definition) is 1. The molecule has 0 aliphatic rings. The van der Waals surface area contributed by atoms with Crippen LogP contribution in [0.1, 0.15) is 5.56 Å². The van der Waals surface area contributed by atoms with Gasteiger partial charge in [0, 0.05) is 23.8 Å². The third-order valence-electron chi connectivity index (χ3n) is 2.82. The van der Waals surface area contributed by atoms with E-state index in [1.165, 1.54) is 18.9 Å². The van der Waals surface area contributed by atoms with E-state index in [4.69, 9.17) is 5.73 Å². The fourth-order valence-electron chi connectivity index (χ4n) is 1.57. The zero-order valence-corrected chi connectivity index (χ0v) is 14.4. The average Bonchev–Trinajstić information content (AvgIpc) is 2.48. The SMILES string of the molecule is COC(=O)C(N)CSCC(=O)N(C)Cc1ccccc1Br. The number of amides is 1. The number of thioether (sulfide) groups is 1. The van der Waals surface area contributed by atoms with Gasteiger partial charge in [0.1, 0.15) is 6.04 Å². The minimum atomic E-state index is -0.693. The van der Waals surface area contributed by atoms with Crippen molar-refractivity contribution in [2.45, 2.75) is 12.6 Å². The van der Waals surface area contributed by atoms with Gasteiger partial charge in [0.2, 0.25) is 5.91 Å². The largest absolute Gasteiger partial charge is 0.468 e. The van der Waals surface area contributed by atoms with Gasteiger partial charge in [0.15, 0.2) is 0 Å². The molecule has 1 aromatic carbocycles. The zero-order valence-electron chi connectivity index (χ0n) is 12.0. The van der Waals surface area contributed by atoms with Crippen LogP contribution >= 0.6 is 27.7 Å². The number of carbonyl (C=O) groups excluding carboxylic acids is 2. The second-order valence-corrected chi connectivity index (χ2v) is 6.37. The number of benzene rings is 1. The predicted octanol–water partition coefficient (Wildman–Crippen LogP) is 1.64. The predicted molar refractivity (Wildman–Crippen MR) is 87.9 cm³/mol. The minimum absolute atomic E-state index is 0.00665. The maximum absolute atomic E-state index is 12.0. The number of carbonyl (C=O) groups is 2. The molecule has 0 spiro atoms. The smallest absolute Gasteiger partial charge is 0.323 e. The fourth-order valence-corrected chi connectivity index (χ4v) is 2.89. The second kappa shape index (κ2) is 9.07. The molecule has 1 amide bonds. The minimum Gasteiger partial charge on any atom is -0.468 e. The van der Waals surface area contributed by atoms with Crippen LogP contribution in [0.4, 0.5) is 0 Å². The van der Waals surface area contributed by atoms with Gasteiger partial charge in [-0.15, -0.1) is 11.8 Å². The topological polar surface area (TPSA) is 72.6 Å². The van der Waals surface area contributed by atoms with E-state index in [0.29, 0.717) is 12.3 Å². The van der Waals surface area contributed by atoms with Crippen LogP contribution in [-0.2, 0) is 20.9 Å². The average molecular weight is 375 g/mol. The van der Waals surface area contributed by atoms with Crippen LogP contribution in [0.15, 0.2) is 28.7 Å². The van der Waals surface area contributed by atoms with Crippen molar-refractivity contribution >= 4 is 39.6 Å². The number of nitrogens with zero attached hydrogens (tertiary/aromatic N) is 1. The Labute approximate surface area is 137 Å². The van der Waals surface area contributed by atoms with Crippen molar-refractivity contribution in [2.24, 2.45) is 5.73 Å². The summed E-state index contributed by atoms with van der Waals surface area (Å²) in [6, 6.07) is 7.08. The van der Waals surface area contributed by atoms with E-state index in [2.05, 4.69) is 20.7 Å². The molecule has 1 unspecified atom stereocenters. The molecule has 0 radical (unpaired) electrons. The molecule has 0 heterocycles. The fraction of sp³-hybridized carbons (Fsp3) is 0.429. The Morgan fingerprint density at radius 1 is 1.43 bits per heavy atom. The summed E-state index contributed by atoms with van der Waals surface area (Å²) < 4.78 is 5.51. The lowest BCUT2D eigenvalue weighted by molar-refractivity contribution is -0.141. The molecule has 2 N–H and O–H groups in total. The van der Waals surface area contributed by atoms with Crippen LogP contribution in [0.3, 0.4) is 0 Å². The summed E-state index contributed by atoms with van der Waals surface area (Å²) in [5.74, 6) is 0.178. The van der Waals surface area contributed by atoms with Crippen molar-refractivity contribution in [3.63, 3.8) is 0 Å². The summed E-state index contributed by atoms with van der Waals surface area (Å²) >= 11 is 4.79. The molecule has 7 heteroatoms. The number of nitrogens with two attached hydrogens (primary N) is 1. The number of hydrogen-bond acceptors (Lipinski definition) is 5. The highest BCUT2D eigenvalue weighted by Crippen LogP contribution is 2.17. The number of halogens is 1. The molecule has 1 aromatic rings. The summed E-state index contributed by atoms with van der Waals surface area (Å²) in [5, 5.41) is 0. The van der Waals surface area contributed by atoms with Gasteiger partial charge < -0.3 is 15.4 Å². The van der Waals surface area contributed by atoms with E-state index in [1.807, 2.05) is 24.3 Å². The van der Waals surface area contributed by atoms with Crippen molar-refractivity contribution in [2.75, 3.05) is 25.7 Å². The maximum Gasteiger partial charge on any atom is 0.323 e. The first-order valence-electron chi connectivity index (χ1n) is 6.34. The third kappa shape index (κ3) is 6.07. The monoisotopic (exact) mass is 374 g/mol. The molecule has 0 aliphatic carbocycles. The van der Waals surface area contributed by atoms with Gasteiger partial charge in [-0.2, -0.15) is 0 Å². The van der Waals surface area contributed by atoms with Gasteiger partial charge in [-0.05, 0) is 11.6 Å². The van der Waals surface area contributed by atoms with Gasteiger partial charge in [0.25, 0.3) is 0 Å². The molecule has 0 aliphatic heterocycles. The first-order valence-corrected chi connectivity index (χ1v) is 8.29. The lowest BCUT2D eigenvalue weighted by Gasteiger charge is -2.18. The lowest BCUT2D eigenvalue weighted by Crippen LogP contribution is -2.35. The number of ether oxygens (including phenoxy) is 1. The Bertz CT molecular complexity index is 499. The molecule has 0 bridgehead atoms. The van der Waals surface area contributed by atoms with Crippen LogP contribution < -0.4 is 5.73 Å². The van der Waals surface area contributed by atoms with Crippen molar-refractivity contribution in [1.29, 1.82) is 0 Å². The molecular weight excluding hydrogens is 356 g/mol. The van der Waals surface area contributed by atoms with Gasteiger partial charge in [-0.1, -0.05) is 34.1 Å². The van der Waals surface area contributed by atoms with Crippen LogP contribution in [0.2, 0.25) is 0 Å². The molecule has 5 nitrogen and oxygen atoms in total. The maximum atomic E-state index is 12.0. The zero-order chi connectivity index (χ0) is 15.8. The van der Waals surface area contributed by atoms with Gasteiger partial charge in [-0.3, -0.25) is 9.59 Å². The van der Waals surface area contributed by atoms with Crippen LogP contribution in [0.5, 0.6) is 0 Å². The molecule has 0 aromatic heterocycles. The highest BCUT2D eigenvalue weighted by atomic mass is 79.9. The van der Waals surface area contributed by atoms with E-state index < -0.39 is 12.0 Å². The number of esters is 1. The van der Waals surface area contributed by atoms with Gasteiger partial charge >= 0.3 is 5.97 Å². The van der Waals surface area contributed by atoms with E-state index in [-0.39, 0.29) is 11.7 Å². The first kappa shape index (κ1) is 18.0. The van der Waals surface area contributed by atoms with Crippen molar-refractivity contribution < 1.29 is 14.3 Å². The summed E-state index contributed by atoms with van der Waals surface area (Å²) in [7, 11) is 3.05. The Kier molecular flexibility index (Phi) is 7.77. The summed E-state index contributed by atoms with van der Waals surface area (Å²) in [4.78, 5) is 24.8. The second-order valence-electron chi connectivity index (χ2n) is 4.49. The van der Waals surface area contributed by atoms with E-state index >= 15 is 0 Å². The first-order chi connectivity index (χ1) is 9.95. The Morgan fingerprint density at radius 3 is 2.71 bits per heavy atom. The van der Waals surface area contributed by atoms with E-state index in [0.717, 1.165) is 10.0 Å².